The number of benzene rings is 1. The summed E-state index contributed by atoms with van der Waals surface area (Å²) in [4.78, 5) is 2.67. The van der Waals surface area contributed by atoms with Crippen LogP contribution in [0, 0.1) is 17.7 Å². The molecule has 116 valence electrons. The molecule has 0 aliphatic heterocycles. The van der Waals surface area contributed by atoms with E-state index in [9.17, 15) is 4.39 Å². The second-order valence-electron chi connectivity index (χ2n) is 6.83. The Morgan fingerprint density at radius 3 is 2.14 bits per heavy atom. The molecule has 2 nitrogen and oxygen atoms in total. The van der Waals surface area contributed by atoms with Gasteiger partial charge in [0.25, 0.3) is 0 Å². The Labute approximate surface area is 127 Å². The van der Waals surface area contributed by atoms with E-state index in [4.69, 9.17) is 0 Å². The lowest BCUT2D eigenvalue weighted by Gasteiger charge is -2.25. The second-order valence-corrected chi connectivity index (χ2v) is 6.83. The molecular weight excluding hydrogens is 263 g/mol. The fourth-order valence-electron chi connectivity index (χ4n) is 3.07. The van der Waals surface area contributed by atoms with Crippen molar-refractivity contribution < 1.29 is 4.39 Å². The predicted octanol–water partition coefficient (Wildman–Crippen LogP) is 3.60. The van der Waals surface area contributed by atoms with Gasteiger partial charge in [0.2, 0.25) is 0 Å². The number of nitrogens with one attached hydrogen (secondary N) is 1. The molecule has 0 bridgehead atoms. The Hall–Kier alpha value is -0.930. The fraction of sp³-hybridized carbons (Fsp3) is 0.667. The first-order valence-electron chi connectivity index (χ1n) is 8.39. The Bertz CT molecular complexity index is 423. The van der Waals surface area contributed by atoms with Crippen LogP contribution in [0.4, 0.5) is 4.39 Å². The quantitative estimate of drug-likeness (QED) is 0.747. The van der Waals surface area contributed by atoms with Crippen LogP contribution in [0.5, 0.6) is 0 Å². The fourth-order valence-corrected chi connectivity index (χ4v) is 3.07. The molecule has 0 saturated heterocycles. The number of nitrogens with zero attached hydrogens (tertiary/aromatic N) is 1. The van der Waals surface area contributed by atoms with E-state index in [2.05, 4.69) is 10.2 Å². The summed E-state index contributed by atoms with van der Waals surface area (Å²) in [7, 11) is 2.00. The monoisotopic (exact) mass is 290 g/mol. The van der Waals surface area contributed by atoms with E-state index in [0.29, 0.717) is 6.04 Å². The van der Waals surface area contributed by atoms with Gasteiger partial charge in [-0.05, 0) is 75.2 Å². The molecule has 0 spiro atoms. The van der Waals surface area contributed by atoms with Gasteiger partial charge in [-0.25, -0.2) is 4.39 Å². The zero-order valence-corrected chi connectivity index (χ0v) is 13.0. The van der Waals surface area contributed by atoms with Gasteiger partial charge in [0.05, 0.1) is 0 Å². The summed E-state index contributed by atoms with van der Waals surface area (Å²) < 4.78 is 13.0. The maximum atomic E-state index is 13.0. The zero-order valence-electron chi connectivity index (χ0n) is 13.0. The van der Waals surface area contributed by atoms with E-state index < -0.39 is 0 Å². The van der Waals surface area contributed by atoms with Crippen LogP contribution in [-0.2, 0) is 0 Å². The van der Waals surface area contributed by atoms with Gasteiger partial charge >= 0.3 is 0 Å². The SMILES string of the molecule is CNC(CCN(CC1CC1)CC1CC1)c1ccc(F)cc1. The standard InChI is InChI=1S/C18H27FN2/c1-20-18(16-6-8-17(19)9-7-16)10-11-21(12-14-2-3-14)13-15-4-5-15/h6-9,14-15,18,20H,2-5,10-13H2,1H3. The highest BCUT2D eigenvalue weighted by molar-refractivity contribution is 5.19. The van der Waals surface area contributed by atoms with E-state index in [1.54, 1.807) is 12.1 Å². The maximum absolute atomic E-state index is 13.0. The molecule has 1 N–H and O–H groups in total. The first kappa shape index (κ1) is 15.0. The third-order valence-electron chi connectivity index (χ3n) is 4.78. The van der Waals surface area contributed by atoms with Gasteiger partial charge in [-0.3, -0.25) is 0 Å². The molecular formula is C18H27FN2. The van der Waals surface area contributed by atoms with Crippen LogP contribution in [-0.4, -0.2) is 31.6 Å². The Kier molecular flexibility index (Phi) is 4.91. The highest BCUT2D eigenvalue weighted by Crippen LogP contribution is 2.34. The van der Waals surface area contributed by atoms with Crippen molar-refractivity contribution in [3.8, 4) is 0 Å². The number of hydrogen-bond donors (Lipinski definition) is 1. The van der Waals surface area contributed by atoms with E-state index in [-0.39, 0.29) is 5.82 Å². The van der Waals surface area contributed by atoms with Gasteiger partial charge in [0, 0.05) is 19.1 Å². The van der Waals surface area contributed by atoms with Crippen molar-refractivity contribution in [1.29, 1.82) is 0 Å². The van der Waals surface area contributed by atoms with Crippen LogP contribution in [0.25, 0.3) is 0 Å². The van der Waals surface area contributed by atoms with Crippen LogP contribution in [0.2, 0.25) is 0 Å². The summed E-state index contributed by atoms with van der Waals surface area (Å²) in [6.45, 7) is 3.72. The van der Waals surface area contributed by atoms with Crippen molar-refractivity contribution in [1.82, 2.24) is 10.2 Å². The molecule has 21 heavy (non-hydrogen) atoms. The van der Waals surface area contributed by atoms with Crippen molar-refractivity contribution in [3.05, 3.63) is 35.6 Å². The summed E-state index contributed by atoms with van der Waals surface area (Å²) in [5.41, 5.74) is 1.19. The summed E-state index contributed by atoms with van der Waals surface area (Å²) in [5, 5.41) is 3.38. The molecule has 1 unspecified atom stereocenters. The van der Waals surface area contributed by atoms with Crippen molar-refractivity contribution >= 4 is 0 Å². The molecule has 0 radical (unpaired) electrons. The van der Waals surface area contributed by atoms with Gasteiger partial charge in [-0.2, -0.15) is 0 Å². The number of hydrogen-bond acceptors (Lipinski definition) is 2. The van der Waals surface area contributed by atoms with Crippen molar-refractivity contribution in [3.63, 3.8) is 0 Å². The molecule has 2 aliphatic carbocycles. The van der Waals surface area contributed by atoms with Gasteiger partial charge < -0.3 is 10.2 Å². The maximum Gasteiger partial charge on any atom is 0.123 e. The van der Waals surface area contributed by atoms with Gasteiger partial charge in [0.15, 0.2) is 0 Å². The predicted molar refractivity (Wildman–Crippen MR) is 84.7 cm³/mol. The normalized spacial score (nSPS) is 20.0. The number of halogens is 1. The van der Waals surface area contributed by atoms with Crippen LogP contribution < -0.4 is 5.32 Å². The van der Waals surface area contributed by atoms with Gasteiger partial charge in [0.1, 0.15) is 5.82 Å². The molecule has 1 aromatic carbocycles. The third-order valence-corrected chi connectivity index (χ3v) is 4.78. The summed E-state index contributed by atoms with van der Waals surface area (Å²) in [5.74, 6) is 1.77. The van der Waals surface area contributed by atoms with Gasteiger partial charge in [-0.1, -0.05) is 12.1 Å². The first-order valence-corrected chi connectivity index (χ1v) is 8.39. The lowest BCUT2D eigenvalue weighted by molar-refractivity contribution is 0.239. The molecule has 3 rings (SSSR count). The summed E-state index contributed by atoms with van der Waals surface area (Å²) >= 11 is 0. The van der Waals surface area contributed by atoms with E-state index in [0.717, 1.165) is 24.8 Å². The van der Waals surface area contributed by atoms with E-state index in [1.807, 2.05) is 19.2 Å². The third kappa shape index (κ3) is 4.79. The van der Waals surface area contributed by atoms with E-state index in [1.165, 1.54) is 44.3 Å². The molecule has 1 aromatic rings. The van der Waals surface area contributed by atoms with Crippen LogP contribution in [0.3, 0.4) is 0 Å². The average molecular weight is 290 g/mol. The van der Waals surface area contributed by atoms with E-state index >= 15 is 0 Å². The molecule has 3 heteroatoms. The minimum atomic E-state index is -0.155. The molecule has 0 heterocycles. The molecule has 2 saturated carbocycles. The Morgan fingerprint density at radius 1 is 1.10 bits per heavy atom. The van der Waals surface area contributed by atoms with Gasteiger partial charge in [-0.15, -0.1) is 0 Å². The smallest absolute Gasteiger partial charge is 0.123 e. The molecule has 0 amide bonds. The topological polar surface area (TPSA) is 15.3 Å². The second kappa shape index (κ2) is 6.89. The van der Waals surface area contributed by atoms with Crippen LogP contribution >= 0.6 is 0 Å². The highest BCUT2D eigenvalue weighted by Gasteiger charge is 2.29. The van der Waals surface area contributed by atoms with Crippen LogP contribution in [0.15, 0.2) is 24.3 Å². The minimum absolute atomic E-state index is 0.155. The first-order chi connectivity index (χ1) is 10.2. The Morgan fingerprint density at radius 2 is 1.67 bits per heavy atom. The lowest BCUT2D eigenvalue weighted by atomic mass is 10.0. The van der Waals surface area contributed by atoms with Crippen molar-refractivity contribution in [2.75, 3.05) is 26.7 Å². The summed E-state index contributed by atoms with van der Waals surface area (Å²) in [6.07, 6.45) is 6.80. The molecule has 0 aromatic heterocycles. The largest absolute Gasteiger partial charge is 0.313 e. The molecule has 1 atom stereocenters. The summed E-state index contributed by atoms with van der Waals surface area (Å²) in [6, 6.07) is 7.26. The number of rotatable bonds is 9. The zero-order chi connectivity index (χ0) is 14.7. The van der Waals surface area contributed by atoms with Crippen molar-refractivity contribution in [2.45, 2.75) is 38.1 Å². The Balaban J connectivity index is 1.52. The highest BCUT2D eigenvalue weighted by atomic mass is 19.1. The average Bonchev–Trinajstić information content (AvgIpc) is 3.37. The minimum Gasteiger partial charge on any atom is -0.313 e. The van der Waals surface area contributed by atoms with Crippen molar-refractivity contribution in [2.24, 2.45) is 11.8 Å². The lowest BCUT2D eigenvalue weighted by Crippen LogP contribution is -2.32. The van der Waals surface area contributed by atoms with Crippen LogP contribution in [0.1, 0.15) is 43.7 Å². The molecule has 2 fully saturated rings. The molecule has 2 aliphatic rings.